The summed E-state index contributed by atoms with van der Waals surface area (Å²) in [7, 11) is 0. The minimum atomic E-state index is -0.689. The maximum absolute atomic E-state index is 11.8. The summed E-state index contributed by atoms with van der Waals surface area (Å²) in [6.07, 6.45) is 3.38. The molecule has 0 aliphatic carbocycles. The van der Waals surface area contributed by atoms with Crippen LogP contribution in [-0.2, 0) is 16.1 Å². The Hall–Kier alpha value is -3.32. The van der Waals surface area contributed by atoms with Crippen LogP contribution in [0, 0.1) is 29.6 Å². The average molecular weight is 324 g/mol. The van der Waals surface area contributed by atoms with Crippen LogP contribution in [0.15, 0.2) is 28.3 Å². The Labute approximate surface area is 139 Å². The van der Waals surface area contributed by atoms with E-state index < -0.39 is 5.97 Å². The van der Waals surface area contributed by atoms with Gasteiger partial charge in [0.05, 0.1) is 25.6 Å². The average Bonchev–Trinajstić information content (AvgIpc) is 3.16. The second-order valence-electron chi connectivity index (χ2n) is 4.90. The highest BCUT2D eigenvalue weighted by Crippen LogP contribution is 2.26. The summed E-state index contributed by atoms with van der Waals surface area (Å²) >= 11 is 0. The quantitative estimate of drug-likeness (QED) is 0.459. The topological polar surface area (TPSA) is 105 Å². The van der Waals surface area contributed by atoms with Crippen molar-refractivity contribution in [3.8, 4) is 23.6 Å². The highest BCUT2D eigenvalue weighted by Gasteiger charge is 2.16. The fourth-order valence-corrected chi connectivity index (χ4v) is 2.08. The van der Waals surface area contributed by atoms with Crippen LogP contribution < -0.4 is 0 Å². The molecule has 2 aromatic heterocycles. The van der Waals surface area contributed by atoms with E-state index in [1.165, 1.54) is 6.08 Å². The van der Waals surface area contributed by atoms with Crippen molar-refractivity contribution < 1.29 is 13.9 Å². The van der Waals surface area contributed by atoms with Crippen molar-refractivity contribution in [2.45, 2.75) is 26.8 Å². The van der Waals surface area contributed by atoms with Gasteiger partial charge >= 0.3 is 5.97 Å². The summed E-state index contributed by atoms with van der Waals surface area (Å²) in [5, 5.41) is 22.3. The van der Waals surface area contributed by atoms with Crippen LogP contribution in [-0.4, -0.2) is 22.4 Å². The number of furan rings is 1. The molecule has 0 saturated heterocycles. The molecule has 2 heterocycles. The first kappa shape index (κ1) is 17.0. The number of ether oxygens (including phenoxy) is 1. The number of aryl methyl sites for hydroxylation is 2. The molecule has 0 aliphatic rings. The van der Waals surface area contributed by atoms with Crippen molar-refractivity contribution >= 4 is 12.0 Å². The van der Waals surface area contributed by atoms with Crippen molar-refractivity contribution in [3.05, 3.63) is 35.2 Å². The van der Waals surface area contributed by atoms with Gasteiger partial charge in [0.15, 0.2) is 5.76 Å². The zero-order valence-electron chi connectivity index (χ0n) is 13.4. The molecule has 0 saturated carbocycles. The number of rotatable bonds is 6. The van der Waals surface area contributed by atoms with Gasteiger partial charge in [0, 0.05) is 11.8 Å². The van der Waals surface area contributed by atoms with Crippen LogP contribution in [0.25, 0.3) is 17.5 Å². The van der Waals surface area contributed by atoms with Gasteiger partial charge in [-0.3, -0.25) is 4.68 Å². The molecule has 7 nitrogen and oxygen atoms in total. The maximum atomic E-state index is 11.8. The molecule has 0 amide bonds. The monoisotopic (exact) mass is 324 g/mol. The summed E-state index contributed by atoms with van der Waals surface area (Å²) in [4.78, 5) is 11.8. The first-order valence-corrected chi connectivity index (χ1v) is 7.39. The highest BCUT2D eigenvalue weighted by molar-refractivity contribution is 5.98. The standard InChI is InChI=1S/C17H16N4O3/c1-3-23-17(22)13(10-19)9-14-11-21(8-4-7-18)20-16(14)15-6-5-12(2)24-15/h5-6,9,11H,3-4,8H2,1-2H3/b13-9+. The lowest BCUT2D eigenvalue weighted by atomic mass is 10.1. The van der Waals surface area contributed by atoms with E-state index in [2.05, 4.69) is 5.10 Å². The molecule has 0 spiro atoms. The Morgan fingerprint density at radius 1 is 1.46 bits per heavy atom. The molecular formula is C17H16N4O3. The molecule has 2 aromatic rings. The molecule has 0 bridgehead atoms. The third-order valence-corrected chi connectivity index (χ3v) is 3.13. The van der Waals surface area contributed by atoms with E-state index in [9.17, 15) is 10.1 Å². The van der Waals surface area contributed by atoms with E-state index in [0.29, 0.717) is 30.0 Å². The molecule has 0 N–H and O–H groups in total. The SMILES string of the molecule is CCOC(=O)/C(C#N)=C/c1cn(CCC#N)nc1-c1ccc(C)o1. The molecule has 2 rings (SSSR count). The van der Waals surface area contributed by atoms with Gasteiger partial charge in [-0.2, -0.15) is 15.6 Å². The summed E-state index contributed by atoms with van der Waals surface area (Å²) in [5.74, 6) is 0.555. The first-order valence-electron chi connectivity index (χ1n) is 7.39. The summed E-state index contributed by atoms with van der Waals surface area (Å²) in [6, 6.07) is 7.45. The van der Waals surface area contributed by atoms with Gasteiger partial charge in [-0.05, 0) is 32.1 Å². The molecule has 122 valence electrons. The van der Waals surface area contributed by atoms with Crippen molar-refractivity contribution in [2.75, 3.05) is 6.61 Å². The second-order valence-corrected chi connectivity index (χ2v) is 4.90. The molecule has 0 atom stereocenters. The largest absolute Gasteiger partial charge is 0.462 e. The molecule has 0 aliphatic heterocycles. The summed E-state index contributed by atoms with van der Waals surface area (Å²) in [6.45, 7) is 4.07. The van der Waals surface area contributed by atoms with Gasteiger partial charge in [-0.1, -0.05) is 0 Å². The predicted octanol–water partition coefficient (Wildman–Crippen LogP) is 2.84. The van der Waals surface area contributed by atoms with Crippen LogP contribution in [0.3, 0.4) is 0 Å². The van der Waals surface area contributed by atoms with E-state index in [4.69, 9.17) is 14.4 Å². The molecule has 0 aromatic carbocycles. The van der Waals surface area contributed by atoms with Crippen molar-refractivity contribution in [1.82, 2.24) is 9.78 Å². The van der Waals surface area contributed by atoms with Gasteiger partial charge in [0.2, 0.25) is 0 Å². The predicted molar refractivity (Wildman–Crippen MR) is 85.1 cm³/mol. The van der Waals surface area contributed by atoms with E-state index >= 15 is 0 Å². The van der Waals surface area contributed by atoms with Crippen molar-refractivity contribution in [3.63, 3.8) is 0 Å². The number of hydrogen-bond donors (Lipinski definition) is 0. The highest BCUT2D eigenvalue weighted by atomic mass is 16.5. The number of carbonyl (C=O) groups excluding carboxylic acids is 1. The second kappa shape index (κ2) is 7.80. The molecule has 0 radical (unpaired) electrons. The summed E-state index contributed by atoms with van der Waals surface area (Å²) in [5.41, 5.74) is 0.922. The number of nitriles is 2. The number of esters is 1. The van der Waals surface area contributed by atoms with Gasteiger partial charge < -0.3 is 9.15 Å². The van der Waals surface area contributed by atoms with Crippen molar-refractivity contribution in [2.24, 2.45) is 0 Å². The Morgan fingerprint density at radius 3 is 2.83 bits per heavy atom. The van der Waals surface area contributed by atoms with Gasteiger partial charge in [0.1, 0.15) is 23.1 Å². The zero-order chi connectivity index (χ0) is 17.5. The van der Waals surface area contributed by atoms with Gasteiger partial charge in [0.25, 0.3) is 0 Å². The fraction of sp³-hybridized carbons (Fsp3) is 0.294. The van der Waals surface area contributed by atoms with Crippen LogP contribution in [0.2, 0.25) is 0 Å². The smallest absolute Gasteiger partial charge is 0.348 e. The molecular weight excluding hydrogens is 308 g/mol. The Bertz CT molecular complexity index is 846. The molecule has 0 unspecified atom stereocenters. The lowest BCUT2D eigenvalue weighted by molar-refractivity contribution is -0.137. The Kier molecular flexibility index (Phi) is 5.54. The van der Waals surface area contributed by atoms with Crippen LogP contribution in [0.1, 0.15) is 24.7 Å². The number of aromatic nitrogens is 2. The number of hydrogen-bond acceptors (Lipinski definition) is 6. The Balaban J connectivity index is 2.47. The number of nitrogens with zero attached hydrogens (tertiary/aromatic N) is 4. The van der Waals surface area contributed by atoms with E-state index in [-0.39, 0.29) is 12.2 Å². The van der Waals surface area contributed by atoms with Crippen LogP contribution in [0.4, 0.5) is 0 Å². The minimum absolute atomic E-state index is 0.124. The number of carbonyl (C=O) groups is 1. The lowest BCUT2D eigenvalue weighted by Gasteiger charge is -1.99. The summed E-state index contributed by atoms with van der Waals surface area (Å²) < 4.78 is 12.0. The van der Waals surface area contributed by atoms with Crippen molar-refractivity contribution in [1.29, 1.82) is 10.5 Å². The zero-order valence-corrected chi connectivity index (χ0v) is 13.4. The Morgan fingerprint density at radius 2 is 2.25 bits per heavy atom. The normalized spacial score (nSPS) is 10.9. The maximum Gasteiger partial charge on any atom is 0.348 e. The molecule has 24 heavy (non-hydrogen) atoms. The third kappa shape index (κ3) is 3.90. The van der Waals surface area contributed by atoms with E-state index in [0.717, 1.165) is 5.76 Å². The fourth-order valence-electron chi connectivity index (χ4n) is 2.08. The third-order valence-electron chi connectivity index (χ3n) is 3.13. The van der Waals surface area contributed by atoms with Gasteiger partial charge in [-0.15, -0.1) is 0 Å². The first-order chi connectivity index (χ1) is 11.6. The van der Waals surface area contributed by atoms with Gasteiger partial charge in [-0.25, -0.2) is 4.79 Å². The van der Waals surface area contributed by atoms with Crippen LogP contribution >= 0.6 is 0 Å². The lowest BCUT2D eigenvalue weighted by Crippen LogP contribution is -2.06. The van der Waals surface area contributed by atoms with E-state index in [1.54, 1.807) is 29.9 Å². The minimum Gasteiger partial charge on any atom is -0.462 e. The van der Waals surface area contributed by atoms with Crippen LogP contribution in [0.5, 0.6) is 0 Å². The molecule has 7 heteroatoms. The van der Waals surface area contributed by atoms with E-state index in [1.807, 2.05) is 19.1 Å². The molecule has 0 fully saturated rings.